The number of likely N-dealkylation sites (tertiary alicyclic amines) is 1. The predicted molar refractivity (Wildman–Crippen MR) is 98.3 cm³/mol. The molecule has 1 aromatic heterocycles. The quantitative estimate of drug-likeness (QED) is 0.743. The van der Waals surface area contributed by atoms with Gasteiger partial charge in [0, 0.05) is 19.1 Å². The zero-order chi connectivity index (χ0) is 17.5. The second-order valence-corrected chi connectivity index (χ2v) is 7.41. The molecule has 6 heteroatoms. The van der Waals surface area contributed by atoms with Crippen LogP contribution in [0, 0.1) is 5.92 Å². The van der Waals surface area contributed by atoms with Crippen molar-refractivity contribution in [1.29, 1.82) is 0 Å². The first-order valence-electron chi connectivity index (χ1n) is 8.90. The molecule has 1 aromatic rings. The first kappa shape index (κ1) is 18.9. The predicted octanol–water partition coefficient (Wildman–Crippen LogP) is 2.45. The second kappa shape index (κ2) is 9.18. The molecule has 1 unspecified atom stereocenters. The van der Waals surface area contributed by atoms with Gasteiger partial charge in [-0.15, -0.1) is 11.3 Å². The summed E-state index contributed by atoms with van der Waals surface area (Å²) >= 11 is 1.45. The largest absolute Gasteiger partial charge is 0.353 e. The van der Waals surface area contributed by atoms with Gasteiger partial charge >= 0.3 is 0 Å². The summed E-state index contributed by atoms with van der Waals surface area (Å²) in [6.07, 6.45) is 2.09. The fourth-order valence-electron chi connectivity index (χ4n) is 2.96. The molecular formula is C18H29N3O2S. The molecule has 0 aliphatic carbocycles. The molecule has 1 atom stereocenters. The Morgan fingerprint density at radius 2 is 2.08 bits per heavy atom. The van der Waals surface area contributed by atoms with Crippen LogP contribution in [0.15, 0.2) is 17.5 Å². The summed E-state index contributed by atoms with van der Waals surface area (Å²) < 4.78 is 0. The molecule has 1 aliphatic rings. The number of amides is 2. The van der Waals surface area contributed by atoms with Crippen molar-refractivity contribution in [3.05, 3.63) is 22.4 Å². The van der Waals surface area contributed by atoms with Crippen molar-refractivity contribution in [3.8, 4) is 0 Å². The zero-order valence-electron chi connectivity index (χ0n) is 15.0. The van der Waals surface area contributed by atoms with Gasteiger partial charge in [-0.25, -0.2) is 0 Å². The van der Waals surface area contributed by atoms with Crippen molar-refractivity contribution in [2.75, 3.05) is 32.7 Å². The Labute approximate surface area is 149 Å². The topological polar surface area (TPSA) is 52.7 Å². The zero-order valence-corrected chi connectivity index (χ0v) is 15.8. The van der Waals surface area contributed by atoms with Gasteiger partial charge in [0.25, 0.3) is 5.91 Å². The van der Waals surface area contributed by atoms with E-state index < -0.39 is 0 Å². The highest BCUT2D eigenvalue weighted by atomic mass is 32.1. The summed E-state index contributed by atoms with van der Waals surface area (Å²) in [7, 11) is 0. The number of carbonyl (C=O) groups excluding carboxylic acids is 2. The van der Waals surface area contributed by atoms with E-state index in [2.05, 4.69) is 31.0 Å². The molecule has 1 fully saturated rings. The lowest BCUT2D eigenvalue weighted by molar-refractivity contribution is -0.129. The van der Waals surface area contributed by atoms with Gasteiger partial charge in [-0.05, 0) is 50.8 Å². The molecule has 1 N–H and O–H groups in total. The normalized spacial score (nSPS) is 16.1. The lowest BCUT2D eigenvalue weighted by atomic mass is 9.98. The SMILES string of the molecule is CCN(CC)CCCC(C)NC(=O)C1CN(C(=O)c2cccs2)C1. The van der Waals surface area contributed by atoms with E-state index in [9.17, 15) is 9.59 Å². The third-order valence-electron chi connectivity index (χ3n) is 4.67. The van der Waals surface area contributed by atoms with E-state index in [4.69, 9.17) is 0 Å². The number of nitrogens with one attached hydrogen (secondary N) is 1. The lowest BCUT2D eigenvalue weighted by Gasteiger charge is -2.38. The van der Waals surface area contributed by atoms with Crippen LogP contribution < -0.4 is 5.32 Å². The van der Waals surface area contributed by atoms with Crippen LogP contribution >= 0.6 is 11.3 Å². The molecule has 0 bridgehead atoms. The summed E-state index contributed by atoms with van der Waals surface area (Å²) in [6, 6.07) is 3.90. The van der Waals surface area contributed by atoms with Gasteiger partial charge in [-0.1, -0.05) is 19.9 Å². The minimum Gasteiger partial charge on any atom is -0.353 e. The first-order valence-corrected chi connectivity index (χ1v) is 9.78. The number of thiophene rings is 1. The molecule has 1 aliphatic heterocycles. The van der Waals surface area contributed by atoms with Crippen molar-refractivity contribution in [3.63, 3.8) is 0 Å². The molecule has 0 saturated carbocycles. The second-order valence-electron chi connectivity index (χ2n) is 6.46. The summed E-state index contributed by atoms with van der Waals surface area (Å²) in [5.74, 6) is 0.0704. The molecule has 0 radical (unpaired) electrons. The van der Waals surface area contributed by atoms with E-state index in [0.717, 1.165) is 37.4 Å². The van der Waals surface area contributed by atoms with E-state index in [1.165, 1.54) is 11.3 Å². The van der Waals surface area contributed by atoms with Crippen LogP contribution in [0.1, 0.15) is 43.3 Å². The van der Waals surface area contributed by atoms with Crippen LogP contribution in [0.3, 0.4) is 0 Å². The lowest BCUT2D eigenvalue weighted by Crippen LogP contribution is -2.56. The molecule has 24 heavy (non-hydrogen) atoms. The van der Waals surface area contributed by atoms with Gasteiger partial charge in [-0.2, -0.15) is 0 Å². The van der Waals surface area contributed by atoms with Crippen molar-refractivity contribution < 1.29 is 9.59 Å². The highest BCUT2D eigenvalue weighted by Gasteiger charge is 2.36. The minimum atomic E-state index is -0.0563. The van der Waals surface area contributed by atoms with E-state index in [1.54, 1.807) is 4.90 Å². The first-order chi connectivity index (χ1) is 11.5. The Hall–Kier alpha value is -1.40. The smallest absolute Gasteiger partial charge is 0.263 e. The minimum absolute atomic E-state index is 0.0429. The van der Waals surface area contributed by atoms with Crippen LogP contribution in [0.5, 0.6) is 0 Å². The highest BCUT2D eigenvalue weighted by molar-refractivity contribution is 7.12. The van der Waals surface area contributed by atoms with E-state index in [1.807, 2.05) is 17.5 Å². The van der Waals surface area contributed by atoms with Crippen LogP contribution in [0.4, 0.5) is 0 Å². The average Bonchev–Trinajstić information content (AvgIpc) is 3.04. The molecule has 2 heterocycles. The molecule has 5 nitrogen and oxygen atoms in total. The summed E-state index contributed by atoms with van der Waals surface area (Å²) in [5.41, 5.74) is 0. The van der Waals surface area contributed by atoms with Gasteiger partial charge in [-0.3, -0.25) is 9.59 Å². The van der Waals surface area contributed by atoms with Gasteiger partial charge in [0.2, 0.25) is 5.91 Å². The molecule has 0 spiro atoms. The number of hydrogen-bond acceptors (Lipinski definition) is 4. The maximum absolute atomic E-state index is 12.2. The Morgan fingerprint density at radius 1 is 1.38 bits per heavy atom. The Kier molecular flexibility index (Phi) is 7.24. The van der Waals surface area contributed by atoms with Crippen LogP contribution in [0.25, 0.3) is 0 Å². The van der Waals surface area contributed by atoms with E-state index in [-0.39, 0.29) is 23.8 Å². The van der Waals surface area contributed by atoms with Crippen LogP contribution in [-0.2, 0) is 4.79 Å². The number of nitrogens with zero attached hydrogens (tertiary/aromatic N) is 2. The maximum atomic E-state index is 12.2. The average molecular weight is 352 g/mol. The Balaban J connectivity index is 1.64. The van der Waals surface area contributed by atoms with Crippen LogP contribution in [0.2, 0.25) is 0 Å². The number of rotatable bonds is 9. The summed E-state index contributed by atoms with van der Waals surface area (Å²) in [4.78, 5) is 29.3. The molecule has 1 saturated heterocycles. The monoisotopic (exact) mass is 351 g/mol. The van der Waals surface area contributed by atoms with Crippen molar-refractivity contribution in [1.82, 2.24) is 15.1 Å². The Bertz CT molecular complexity index is 522. The maximum Gasteiger partial charge on any atom is 0.263 e. The van der Waals surface area contributed by atoms with Crippen molar-refractivity contribution in [2.24, 2.45) is 5.92 Å². The van der Waals surface area contributed by atoms with Crippen molar-refractivity contribution in [2.45, 2.75) is 39.7 Å². The molecule has 0 aromatic carbocycles. The third kappa shape index (κ3) is 5.05. The van der Waals surface area contributed by atoms with Crippen LogP contribution in [-0.4, -0.2) is 60.4 Å². The molecular weight excluding hydrogens is 322 g/mol. The van der Waals surface area contributed by atoms with E-state index >= 15 is 0 Å². The fourth-order valence-corrected chi connectivity index (χ4v) is 3.65. The van der Waals surface area contributed by atoms with E-state index in [0.29, 0.717) is 13.1 Å². The fraction of sp³-hybridized carbons (Fsp3) is 0.667. The van der Waals surface area contributed by atoms with Gasteiger partial charge in [0.1, 0.15) is 0 Å². The summed E-state index contributed by atoms with van der Waals surface area (Å²) in [5, 5.41) is 4.99. The number of carbonyl (C=O) groups is 2. The van der Waals surface area contributed by atoms with Crippen molar-refractivity contribution >= 4 is 23.2 Å². The molecule has 2 amide bonds. The Morgan fingerprint density at radius 3 is 2.67 bits per heavy atom. The standard InChI is InChI=1S/C18H29N3O2S/c1-4-20(5-2)10-6-8-14(3)19-17(22)15-12-21(13-15)18(23)16-9-7-11-24-16/h7,9,11,14-15H,4-6,8,10,12-13H2,1-3H3,(H,19,22). The third-order valence-corrected chi connectivity index (χ3v) is 5.52. The van der Waals surface area contributed by atoms with Gasteiger partial charge < -0.3 is 15.1 Å². The molecule has 134 valence electrons. The molecule has 2 rings (SSSR count). The highest BCUT2D eigenvalue weighted by Crippen LogP contribution is 2.21. The number of hydrogen-bond donors (Lipinski definition) is 1. The van der Waals surface area contributed by atoms with Gasteiger partial charge in [0.05, 0.1) is 10.8 Å². The van der Waals surface area contributed by atoms with Gasteiger partial charge in [0.15, 0.2) is 0 Å². The summed E-state index contributed by atoms with van der Waals surface area (Å²) in [6.45, 7) is 10.7.